The normalized spacial score (nSPS) is 17.1. The summed E-state index contributed by atoms with van der Waals surface area (Å²) in [6.07, 6.45) is 9.09. The first-order chi connectivity index (χ1) is 16.5. The first-order valence-corrected chi connectivity index (χ1v) is 12.1. The van der Waals surface area contributed by atoms with Crippen LogP contribution in [-0.4, -0.2) is 24.5 Å². The number of pyridine rings is 1. The highest BCUT2D eigenvalue weighted by Gasteiger charge is 2.27. The molecule has 4 heterocycles. The molecule has 1 saturated carbocycles. The Labute approximate surface area is 199 Å². The predicted molar refractivity (Wildman–Crippen MR) is 133 cm³/mol. The maximum Gasteiger partial charge on any atom is 0.166 e. The zero-order valence-corrected chi connectivity index (χ0v) is 20.0. The van der Waals surface area contributed by atoms with E-state index in [-0.39, 0.29) is 6.10 Å². The summed E-state index contributed by atoms with van der Waals surface area (Å²) in [5.41, 5.74) is 15.1. The maximum atomic E-state index is 6.46. The average molecular weight is 455 g/mol. The third-order valence-corrected chi connectivity index (χ3v) is 6.94. The summed E-state index contributed by atoms with van der Waals surface area (Å²) in [5.74, 6) is 1.70. The molecule has 0 amide bonds. The van der Waals surface area contributed by atoms with Gasteiger partial charge in [0.05, 0.1) is 17.6 Å². The predicted octanol–water partition coefficient (Wildman–Crippen LogP) is 5.17. The molecule has 0 saturated heterocycles. The molecule has 2 aliphatic rings. The molecule has 1 aliphatic carbocycles. The van der Waals surface area contributed by atoms with E-state index >= 15 is 0 Å². The van der Waals surface area contributed by atoms with Crippen molar-refractivity contribution in [2.45, 2.75) is 59.2 Å². The molecule has 0 spiro atoms. The van der Waals surface area contributed by atoms with Crippen molar-refractivity contribution in [2.24, 2.45) is 5.92 Å². The second-order valence-corrected chi connectivity index (χ2v) is 9.64. The zero-order valence-electron chi connectivity index (χ0n) is 20.0. The van der Waals surface area contributed by atoms with Crippen LogP contribution in [0.2, 0.25) is 0 Å². The molecule has 2 bridgehead atoms. The number of anilines is 1. The van der Waals surface area contributed by atoms with E-state index < -0.39 is 0 Å². The maximum absolute atomic E-state index is 6.46. The number of nitrogens with two attached hydrogens (primary N) is 1. The fraction of sp³-hybridized carbons (Fsp3) is 0.370. The molecule has 7 heteroatoms. The lowest BCUT2D eigenvalue weighted by Crippen LogP contribution is -2.10. The molecule has 0 unspecified atom stereocenters. The van der Waals surface area contributed by atoms with Crippen molar-refractivity contribution in [1.29, 1.82) is 0 Å². The van der Waals surface area contributed by atoms with E-state index in [9.17, 15) is 0 Å². The van der Waals surface area contributed by atoms with Crippen molar-refractivity contribution < 1.29 is 4.74 Å². The fourth-order valence-electron chi connectivity index (χ4n) is 4.92. The Balaban J connectivity index is 1.60. The molecule has 174 valence electrons. The smallest absolute Gasteiger partial charge is 0.166 e. The van der Waals surface area contributed by atoms with E-state index in [1.54, 1.807) is 0 Å². The summed E-state index contributed by atoms with van der Waals surface area (Å²) in [6, 6.07) is 8.52. The van der Waals surface area contributed by atoms with E-state index in [0.29, 0.717) is 17.5 Å². The highest BCUT2D eigenvalue weighted by atomic mass is 16.5. The Morgan fingerprint density at radius 3 is 2.79 bits per heavy atom. The standard InChI is InChI=1S/C27H30N6O/c1-4-32-15-21-10-19-13-30-33(14-18-6-7-18)26(19)20-11-24(27(28)29-12-20)34-17(3)23-9-16(2)5-8-22(23)25(21)31-32/h5,8-9,11-13,15,17-18H,4,6-7,10,14H2,1-3H3,(H2,28,29)/t17-/m1/s1. The van der Waals surface area contributed by atoms with E-state index in [0.717, 1.165) is 53.2 Å². The van der Waals surface area contributed by atoms with Gasteiger partial charge in [0, 0.05) is 59.7 Å². The van der Waals surface area contributed by atoms with Gasteiger partial charge in [-0.25, -0.2) is 4.98 Å². The van der Waals surface area contributed by atoms with Gasteiger partial charge in [-0.1, -0.05) is 23.8 Å². The number of fused-ring (bicyclic) bond motifs is 7. The Morgan fingerprint density at radius 1 is 1.15 bits per heavy atom. The molecule has 1 atom stereocenters. The van der Waals surface area contributed by atoms with Gasteiger partial charge in [0.25, 0.3) is 0 Å². The van der Waals surface area contributed by atoms with Crippen molar-refractivity contribution in [3.63, 3.8) is 0 Å². The molecule has 3 aromatic heterocycles. The van der Waals surface area contributed by atoms with Gasteiger partial charge in [-0.05, 0) is 45.6 Å². The lowest BCUT2D eigenvalue weighted by Gasteiger charge is -2.21. The minimum absolute atomic E-state index is 0.218. The zero-order chi connectivity index (χ0) is 23.4. The molecule has 1 aliphatic heterocycles. The van der Waals surface area contributed by atoms with Crippen molar-refractivity contribution in [2.75, 3.05) is 5.73 Å². The van der Waals surface area contributed by atoms with Crippen LogP contribution in [0.4, 0.5) is 5.82 Å². The third kappa shape index (κ3) is 3.65. The van der Waals surface area contributed by atoms with Crippen LogP contribution in [0.25, 0.3) is 22.5 Å². The van der Waals surface area contributed by atoms with Crippen LogP contribution >= 0.6 is 0 Å². The summed E-state index contributed by atoms with van der Waals surface area (Å²) < 4.78 is 10.6. The van der Waals surface area contributed by atoms with Gasteiger partial charge >= 0.3 is 0 Å². The SMILES string of the molecule is CCn1cc2c(n1)-c1ccc(C)cc1[C@@H](C)Oc1cc(cnc1N)-c1c(cnn1CC1CC1)C2. The summed E-state index contributed by atoms with van der Waals surface area (Å²) in [7, 11) is 0. The monoisotopic (exact) mass is 454 g/mol. The summed E-state index contributed by atoms with van der Waals surface area (Å²) in [4.78, 5) is 4.51. The second-order valence-electron chi connectivity index (χ2n) is 9.64. The van der Waals surface area contributed by atoms with Gasteiger partial charge < -0.3 is 10.5 Å². The van der Waals surface area contributed by atoms with Gasteiger partial charge in [-0.3, -0.25) is 9.36 Å². The second kappa shape index (κ2) is 8.01. The van der Waals surface area contributed by atoms with Crippen molar-refractivity contribution in [3.05, 3.63) is 65.1 Å². The highest BCUT2D eigenvalue weighted by Crippen LogP contribution is 2.39. The molecule has 4 aromatic rings. The van der Waals surface area contributed by atoms with Gasteiger partial charge in [0.1, 0.15) is 6.10 Å². The average Bonchev–Trinajstić information content (AvgIpc) is 3.42. The minimum Gasteiger partial charge on any atom is -0.482 e. The van der Waals surface area contributed by atoms with Crippen molar-refractivity contribution in [3.8, 4) is 28.3 Å². The van der Waals surface area contributed by atoms with Gasteiger partial charge in [0.15, 0.2) is 11.6 Å². The van der Waals surface area contributed by atoms with Crippen LogP contribution < -0.4 is 10.5 Å². The topological polar surface area (TPSA) is 83.8 Å². The fourth-order valence-corrected chi connectivity index (χ4v) is 4.92. The highest BCUT2D eigenvalue weighted by molar-refractivity contribution is 5.72. The molecule has 6 rings (SSSR count). The van der Waals surface area contributed by atoms with Crippen molar-refractivity contribution in [1.82, 2.24) is 24.5 Å². The largest absolute Gasteiger partial charge is 0.482 e. The first-order valence-electron chi connectivity index (χ1n) is 12.1. The summed E-state index contributed by atoms with van der Waals surface area (Å²) >= 11 is 0. The number of rotatable bonds is 3. The first kappa shape index (κ1) is 21.0. The molecule has 1 aromatic carbocycles. The molecule has 2 N–H and O–H groups in total. The number of hydrogen-bond acceptors (Lipinski definition) is 5. The molecular formula is C27H30N6O. The Morgan fingerprint density at radius 2 is 2.00 bits per heavy atom. The quantitative estimate of drug-likeness (QED) is 0.461. The number of aromatic nitrogens is 5. The van der Waals surface area contributed by atoms with E-state index in [1.165, 1.54) is 24.0 Å². The van der Waals surface area contributed by atoms with Gasteiger partial charge in [-0.2, -0.15) is 10.2 Å². The number of nitrogens with zero attached hydrogens (tertiary/aromatic N) is 5. The van der Waals surface area contributed by atoms with Gasteiger partial charge in [0.2, 0.25) is 0 Å². The lowest BCUT2D eigenvalue weighted by atomic mass is 9.93. The van der Waals surface area contributed by atoms with Crippen LogP contribution in [0, 0.1) is 12.8 Å². The third-order valence-electron chi connectivity index (χ3n) is 6.94. The van der Waals surface area contributed by atoms with Crippen LogP contribution in [0.5, 0.6) is 5.75 Å². The molecule has 34 heavy (non-hydrogen) atoms. The van der Waals surface area contributed by atoms with E-state index in [4.69, 9.17) is 20.7 Å². The molecule has 1 fully saturated rings. The van der Waals surface area contributed by atoms with Crippen molar-refractivity contribution >= 4 is 5.82 Å². The van der Waals surface area contributed by atoms with Crippen LogP contribution in [0.15, 0.2) is 42.9 Å². The van der Waals surface area contributed by atoms with Crippen LogP contribution in [0.3, 0.4) is 0 Å². The van der Waals surface area contributed by atoms with Crippen LogP contribution in [0.1, 0.15) is 55.0 Å². The molecular weight excluding hydrogens is 424 g/mol. The number of ether oxygens (including phenoxy) is 1. The van der Waals surface area contributed by atoms with E-state index in [1.807, 2.05) is 23.1 Å². The number of benzene rings is 1. The summed E-state index contributed by atoms with van der Waals surface area (Å²) in [6.45, 7) is 8.03. The molecule has 7 nitrogen and oxygen atoms in total. The van der Waals surface area contributed by atoms with Crippen LogP contribution in [-0.2, 0) is 19.5 Å². The summed E-state index contributed by atoms with van der Waals surface area (Å²) in [5, 5.41) is 9.79. The minimum atomic E-state index is -0.218. The Kier molecular flexibility index (Phi) is 4.94. The van der Waals surface area contributed by atoms with Gasteiger partial charge in [-0.15, -0.1) is 0 Å². The van der Waals surface area contributed by atoms with E-state index in [2.05, 4.69) is 54.8 Å². The number of nitrogen functional groups attached to an aromatic ring is 1. The molecule has 0 radical (unpaired) electrons. The Bertz CT molecular complexity index is 1380. The lowest BCUT2D eigenvalue weighted by molar-refractivity contribution is 0.228. The number of aryl methyl sites for hydroxylation is 2. The number of hydrogen-bond donors (Lipinski definition) is 1. The Hall–Kier alpha value is -3.61.